The van der Waals surface area contributed by atoms with Gasteiger partial charge in [-0.2, -0.15) is 0 Å². The molecular weight excluding hydrogens is 140 g/mol. The summed E-state index contributed by atoms with van der Waals surface area (Å²) in [5.74, 6) is 0.739. The second-order valence-corrected chi connectivity index (χ2v) is 2.77. The van der Waals surface area contributed by atoms with Gasteiger partial charge in [-0.15, -0.1) is 0 Å². The van der Waals surface area contributed by atoms with Crippen molar-refractivity contribution in [3.05, 3.63) is 12.2 Å². The number of nitrogens with zero attached hydrogens (tertiary/aromatic N) is 2. The molecule has 3 heteroatoms. The van der Waals surface area contributed by atoms with Gasteiger partial charge in [-0.25, -0.2) is 4.99 Å². The summed E-state index contributed by atoms with van der Waals surface area (Å²) in [7, 11) is 0. The highest BCUT2D eigenvalue weighted by molar-refractivity contribution is 5.94. The fraction of sp³-hybridized carbons (Fsp3) is 0.500. The van der Waals surface area contributed by atoms with E-state index >= 15 is 0 Å². The maximum atomic E-state index is 5.37. The predicted octanol–water partition coefficient (Wildman–Crippen LogP) is 1.16. The first-order chi connectivity index (χ1) is 5.25. The van der Waals surface area contributed by atoms with E-state index in [0.29, 0.717) is 0 Å². The smallest absolute Gasteiger partial charge is 0.183 e. The minimum Gasteiger partial charge on any atom is -0.469 e. The topological polar surface area (TPSA) is 34.0 Å². The third-order valence-corrected chi connectivity index (χ3v) is 1.78. The summed E-state index contributed by atoms with van der Waals surface area (Å²) >= 11 is 0. The molecule has 0 saturated heterocycles. The summed E-state index contributed by atoms with van der Waals surface area (Å²) < 4.78 is 5.37. The third kappa shape index (κ3) is 1.06. The van der Waals surface area contributed by atoms with Gasteiger partial charge < -0.3 is 4.74 Å². The molecule has 0 saturated carbocycles. The Bertz CT molecular complexity index is 265. The fourth-order valence-corrected chi connectivity index (χ4v) is 1.27. The van der Waals surface area contributed by atoms with Crippen molar-refractivity contribution in [1.82, 2.24) is 0 Å². The molecule has 2 heterocycles. The van der Waals surface area contributed by atoms with Crippen LogP contribution in [0.1, 0.15) is 13.8 Å². The fourth-order valence-electron chi connectivity index (χ4n) is 1.27. The number of aliphatic imine (C=N–C) groups is 2. The van der Waals surface area contributed by atoms with Crippen LogP contribution in [-0.2, 0) is 4.74 Å². The van der Waals surface area contributed by atoms with Crippen LogP contribution in [0.2, 0.25) is 0 Å². The molecule has 0 aromatic carbocycles. The molecule has 0 bridgehead atoms. The average molecular weight is 150 g/mol. The Morgan fingerprint density at radius 2 is 2.18 bits per heavy atom. The van der Waals surface area contributed by atoms with Crippen molar-refractivity contribution in [3.8, 4) is 0 Å². The number of ether oxygens (including phenoxy) is 1. The molecule has 2 rings (SSSR count). The van der Waals surface area contributed by atoms with E-state index in [1.54, 1.807) is 0 Å². The molecule has 0 radical (unpaired) electrons. The molecular formula is C8H10N2O. The number of hydrogen-bond acceptors (Lipinski definition) is 3. The van der Waals surface area contributed by atoms with Gasteiger partial charge in [-0.3, -0.25) is 4.99 Å². The molecule has 3 nitrogen and oxygen atoms in total. The summed E-state index contributed by atoms with van der Waals surface area (Å²) in [6, 6.07) is 0. The van der Waals surface area contributed by atoms with Crippen LogP contribution in [0.4, 0.5) is 0 Å². The van der Waals surface area contributed by atoms with E-state index in [9.17, 15) is 0 Å². The highest BCUT2D eigenvalue weighted by atomic mass is 16.5. The van der Waals surface area contributed by atoms with Gasteiger partial charge in [0.1, 0.15) is 0 Å². The average Bonchev–Trinajstić information content (AvgIpc) is 2.27. The second-order valence-electron chi connectivity index (χ2n) is 2.77. The van der Waals surface area contributed by atoms with Crippen LogP contribution in [0, 0.1) is 0 Å². The van der Waals surface area contributed by atoms with Crippen molar-refractivity contribution in [1.29, 1.82) is 0 Å². The van der Waals surface area contributed by atoms with Crippen LogP contribution in [0.5, 0.6) is 0 Å². The van der Waals surface area contributed by atoms with Gasteiger partial charge in [-0.1, -0.05) is 0 Å². The number of allylic oxidation sites excluding steroid dienone is 1. The van der Waals surface area contributed by atoms with Crippen LogP contribution < -0.4 is 0 Å². The molecule has 2 unspecified atom stereocenters. The van der Waals surface area contributed by atoms with Gasteiger partial charge in [0.2, 0.25) is 0 Å². The van der Waals surface area contributed by atoms with Gasteiger partial charge in [0.05, 0.1) is 0 Å². The SMILES string of the molecule is CC1=NC2N=C(C)OC2C=C1. The normalized spacial score (nSPS) is 34.0. The third-order valence-electron chi connectivity index (χ3n) is 1.78. The molecule has 0 amide bonds. The molecule has 0 aromatic rings. The number of dihydropyridines is 1. The molecule has 2 aliphatic heterocycles. The van der Waals surface area contributed by atoms with E-state index < -0.39 is 0 Å². The number of rotatable bonds is 0. The molecule has 0 aromatic heterocycles. The lowest BCUT2D eigenvalue weighted by Crippen LogP contribution is -2.22. The maximum absolute atomic E-state index is 5.37. The molecule has 0 fully saturated rings. The van der Waals surface area contributed by atoms with Crippen LogP contribution in [0.3, 0.4) is 0 Å². The molecule has 2 atom stereocenters. The summed E-state index contributed by atoms with van der Waals surface area (Å²) in [6.45, 7) is 3.83. The van der Waals surface area contributed by atoms with Crippen LogP contribution in [-0.4, -0.2) is 23.9 Å². The summed E-state index contributed by atoms with van der Waals surface area (Å²) in [6.07, 6.45) is 4.01. The lowest BCUT2D eigenvalue weighted by atomic mass is 10.2. The van der Waals surface area contributed by atoms with Crippen molar-refractivity contribution in [2.24, 2.45) is 9.98 Å². The molecule has 0 spiro atoms. The lowest BCUT2D eigenvalue weighted by Gasteiger charge is -2.13. The first-order valence-corrected chi connectivity index (χ1v) is 3.69. The molecule has 0 N–H and O–H groups in total. The highest BCUT2D eigenvalue weighted by Crippen LogP contribution is 2.19. The van der Waals surface area contributed by atoms with E-state index in [0.717, 1.165) is 11.6 Å². The van der Waals surface area contributed by atoms with Crippen molar-refractivity contribution in [2.75, 3.05) is 0 Å². The minimum absolute atomic E-state index is 0.0139. The van der Waals surface area contributed by atoms with Crippen molar-refractivity contribution < 1.29 is 4.74 Å². The molecule has 0 aliphatic carbocycles. The number of fused-ring (bicyclic) bond motifs is 1. The van der Waals surface area contributed by atoms with E-state index in [-0.39, 0.29) is 12.3 Å². The summed E-state index contributed by atoms with van der Waals surface area (Å²) in [5, 5.41) is 0. The van der Waals surface area contributed by atoms with Gasteiger partial charge in [0.25, 0.3) is 0 Å². The lowest BCUT2D eigenvalue weighted by molar-refractivity contribution is 0.241. The van der Waals surface area contributed by atoms with Crippen LogP contribution >= 0.6 is 0 Å². The van der Waals surface area contributed by atoms with E-state index in [1.807, 2.05) is 26.0 Å². The first-order valence-electron chi connectivity index (χ1n) is 3.69. The minimum atomic E-state index is -0.0139. The van der Waals surface area contributed by atoms with E-state index in [1.165, 1.54) is 0 Å². The predicted molar refractivity (Wildman–Crippen MR) is 44.0 cm³/mol. The first kappa shape index (κ1) is 6.58. The van der Waals surface area contributed by atoms with Gasteiger partial charge >= 0.3 is 0 Å². The van der Waals surface area contributed by atoms with E-state index in [4.69, 9.17) is 4.74 Å². The molecule has 2 aliphatic rings. The largest absolute Gasteiger partial charge is 0.469 e. The van der Waals surface area contributed by atoms with Crippen LogP contribution in [0.25, 0.3) is 0 Å². The zero-order chi connectivity index (χ0) is 7.84. The maximum Gasteiger partial charge on any atom is 0.183 e. The van der Waals surface area contributed by atoms with Crippen molar-refractivity contribution in [2.45, 2.75) is 26.1 Å². The standard InChI is InChI=1S/C8H10N2O/c1-5-3-4-7-8(9-5)10-6(2)11-7/h3-4,7-8H,1-2H3. The van der Waals surface area contributed by atoms with Crippen LogP contribution in [0.15, 0.2) is 22.1 Å². The zero-order valence-electron chi connectivity index (χ0n) is 6.61. The Morgan fingerprint density at radius 1 is 1.36 bits per heavy atom. The van der Waals surface area contributed by atoms with Gasteiger partial charge in [0, 0.05) is 12.6 Å². The Labute approximate surface area is 65.5 Å². The Morgan fingerprint density at radius 3 is 3.00 bits per heavy atom. The Hall–Kier alpha value is -1.12. The molecule has 11 heavy (non-hydrogen) atoms. The van der Waals surface area contributed by atoms with Crippen molar-refractivity contribution in [3.63, 3.8) is 0 Å². The van der Waals surface area contributed by atoms with Gasteiger partial charge in [0.15, 0.2) is 18.2 Å². The monoisotopic (exact) mass is 150 g/mol. The Kier molecular flexibility index (Phi) is 1.31. The second kappa shape index (κ2) is 2.19. The summed E-state index contributed by atoms with van der Waals surface area (Å²) in [4.78, 5) is 8.53. The molecule has 58 valence electrons. The number of hydrogen-bond donors (Lipinski definition) is 0. The van der Waals surface area contributed by atoms with Crippen molar-refractivity contribution >= 4 is 11.6 Å². The van der Waals surface area contributed by atoms with E-state index in [2.05, 4.69) is 9.98 Å². The highest BCUT2D eigenvalue weighted by Gasteiger charge is 2.27. The quantitative estimate of drug-likeness (QED) is 0.510. The Balaban J connectivity index is 2.26. The zero-order valence-corrected chi connectivity index (χ0v) is 6.61. The van der Waals surface area contributed by atoms with Gasteiger partial charge in [-0.05, 0) is 19.1 Å². The summed E-state index contributed by atoms with van der Waals surface area (Å²) in [5.41, 5.74) is 1.02.